The molecule has 1 atom stereocenters. The largest absolute Gasteiger partial charge is 0.495 e. The Balaban J connectivity index is 2.43. The molecule has 2 heterocycles. The lowest BCUT2D eigenvalue weighted by molar-refractivity contribution is 0.400. The second-order valence-corrected chi connectivity index (χ2v) is 3.88. The summed E-state index contributed by atoms with van der Waals surface area (Å²) in [6.07, 6.45) is 6.71. The fourth-order valence-electron chi connectivity index (χ4n) is 1.87. The van der Waals surface area contributed by atoms with Gasteiger partial charge in [0.05, 0.1) is 32.7 Å². The average Bonchev–Trinajstić information content (AvgIpc) is 2.49. The molecule has 19 heavy (non-hydrogen) atoms. The summed E-state index contributed by atoms with van der Waals surface area (Å²) in [4.78, 5) is 8.15. The number of rotatable bonds is 5. The summed E-state index contributed by atoms with van der Waals surface area (Å²) >= 11 is 0. The van der Waals surface area contributed by atoms with Crippen molar-refractivity contribution < 1.29 is 9.47 Å². The monoisotopic (exact) mass is 260 g/mol. The normalized spacial score (nSPS) is 11.9. The van der Waals surface area contributed by atoms with Gasteiger partial charge in [0, 0.05) is 18.0 Å². The number of ether oxygens (including phenoxy) is 2. The maximum absolute atomic E-state index is 5.66. The number of hydrogen-bond donors (Lipinski definition) is 2. The molecule has 0 bridgehead atoms. The molecule has 2 aromatic heterocycles. The first-order chi connectivity index (χ1) is 9.30. The molecule has 0 aliphatic rings. The molecule has 2 aromatic rings. The fourth-order valence-corrected chi connectivity index (χ4v) is 1.87. The zero-order valence-corrected chi connectivity index (χ0v) is 10.8. The molecule has 0 aromatic carbocycles. The van der Waals surface area contributed by atoms with Gasteiger partial charge in [-0.05, 0) is 17.7 Å². The summed E-state index contributed by atoms with van der Waals surface area (Å²) in [5.41, 5.74) is 4.52. The average molecular weight is 260 g/mol. The predicted molar refractivity (Wildman–Crippen MR) is 70.7 cm³/mol. The summed E-state index contributed by atoms with van der Waals surface area (Å²) in [7, 11) is 3.19. The van der Waals surface area contributed by atoms with Crippen molar-refractivity contribution in [1.29, 1.82) is 0 Å². The quantitative estimate of drug-likeness (QED) is 0.617. The van der Waals surface area contributed by atoms with Crippen LogP contribution in [0.4, 0.5) is 0 Å². The first-order valence-corrected chi connectivity index (χ1v) is 5.73. The summed E-state index contributed by atoms with van der Waals surface area (Å²) in [5.74, 6) is 6.99. The minimum atomic E-state index is -0.249. The molecule has 3 N–H and O–H groups in total. The Bertz CT molecular complexity index is 548. The number of hydrazine groups is 1. The van der Waals surface area contributed by atoms with Crippen LogP contribution in [0.5, 0.6) is 11.5 Å². The van der Waals surface area contributed by atoms with Gasteiger partial charge in [-0.1, -0.05) is 0 Å². The predicted octanol–water partition coefficient (Wildman–Crippen LogP) is 1.05. The Morgan fingerprint density at radius 1 is 1.16 bits per heavy atom. The summed E-state index contributed by atoms with van der Waals surface area (Å²) in [6.45, 7) is 0. The third-order valence-electron chi connectivity index (χ3n) is 2.82. The molecule has 6 nitrogen and oxygen atoms in total. The highest BCUT2D eigenvalue weighted by Crippen LogP contribution is 2.29. The lowest BCUT2D eigenvalue weighted by atomic mass is 10.0. The van der Waals surface area contributed by atoms with Crippen LogP contribution in [-0.2, 0) is 0 Å². The topological polar surface area (TPSA) is 82.3 Å². The molecule has 0 saturated carbocycles. The third kappa shape index (κ3) is 2.81. The number of hydrogen-bond acceptors (Lipinski definition) is 6. The van der Waals surface area contributed by atoms with E-state index in [1.165, 1.54) is 0 Å². The van der Waals surface area contributed by atoms with Crippen molar-refractivity contribution >= 4 is 0 Å². The number of nitrogens with two attached hydrogens (primary N) is 1. The van der Waals surface area contributed by atoms with E-state index in [9.17, 15) is 0 Å². The van der Waals surface area contributed by atoms with Crippen LogP contribution in [-0.4, -0.2) is 24.2 Å². The Labute approximate surface area is 111 Å². The number of methoxy groups -OCH3 is 2. The zero-order chi connectivity index (χ0) is 13.7. The number of pyridine rings is 2. The molecule has 0 spiro atoms. The van der Waals surface area contributed by atoms with E-state index in [0.717, 1.165) is 11.1 Å². The molecule has 1 unspecified atom stereocenters. The Morgan fingerprint density at radius 2 is 2.00 bits per heavy atom. The SMILES string of the molecule is COc1cncc(C(NN)c2ccncc2OC)c1. The summed E-state index contributed by atoms with van der Waals surface area (Å²) in [6, 6.07) is 3.47. The molecule has 100 valence electrons. The minimum absolute atomic E-state index is 0.249. The van der Waals surface area contributed by atoms with Gasteiger partial charge in [-0.25, -0.2) is 5.43 Å². The molecular weight excluding hydrogens is 244 g/mol. The van der Waals surface area contributed by atoms with Crippen LogP contribution in [0.3, 0.4) is 0 Å². The van der Waals surface area contributed by atoms with Gasteiger partial charge in [0.15, 0.2) is 0 Å². The molecule has 0 fully saturated rings. The van der Waals surface area contributed by atoms with Crippen LogP contribution in [0.25, 0.3) is 0 Å². The Hall–Kier alpha value is -2.18. The van der Waals surface area contributed by atoms with Crippen molar-refractivity contribution in [3.63, 3.8) is 0 Å². The maximum Gasteiger partial charge on any atom is 0.142 e. The molecule has 0 radical (unpaired) electrons. The van der Waals surface area contributed by atoms with E-state index < -0.39 is 0 Å². The first-order valence-electron chi connectivity index (χ1n) is 5.73. The van der Waals surface area contributed by atoms with E-state index in [0.29, 0.717) is 11.5 Å². The van der Waals surface area contributed by atoms with E-state index in [1.54, 1.807) is 39.0 Å². The van der Waals surface area contributed by atoms with Crippen LogP contribution in [0.2, 0.25) is 0 Å². The van der Waals surface area contributed by atoms with Crippen LogP contribution < -0.4 is 20.7 Å². The molecule has 6 heteroatoms. The highest BCUT2D eigenvalue weighted by Gasteiger charge is 2.17. The molecule has 2 rings (SSSR count). The fraction of sp³-hybridized carbons (Fsp3) is 0.231. The van der Waals surface area contributed by atoms with Gasteiger partial charge in [-0.2, -0.15) is 0 Å². The zero-order valence-electron chi connectivity index (χ0n) is 10.8. The molecule has 0 amide bonds. The minimum Gasteiger partial charge on any atom is -0.495 e. The Kier molecular flexibility index (Phi) is 4.27. The van der Waals surface area contributed by atoms with Crippen LogP contribution in [0, 0.1) is 0 Å². The molecular formula is C13H16N4O2. The standard InChI is InChI=1S/C13H16N4O2/c1-18-10-5-9(6-16-7-10)13(17-14)11-3-4-15-8-12(11)19-2/h3-8,13,17H,14H2,1-2H3. The van der Waals surface area contributed by atoms with E-state index in [4.69, 9.17) is 15.3 Å². The highest BCUT2D eigenvalue weighted by atomic mass is 16.5. The van der Waals surface area contributed by atoms with E-state index in [1.807, 2.05) is 12.1 Å². The van der Waals surface area contributed by atoms with E-state index in [-0.39, 0.29) is 6.04 Å². The van der Waals surface area contributed by atoms with Gasteiger partial charge in [-0.15, -0.1) is 0 Å². The van der Waals surface area contributed by atoms with Gasteiger partial charge in [-0.3, -0.25) is 15.8 Å². The van der Waals surface area contributed by atoms with Gasteiger partial charge in [0.25, 0.3) is 0 Å². The number of nitrogens with one attached hydrogen (secondary N) is 1. The first kappa shape index (κ1) is 13.3. The van der Waals surface area contributed by atoms with Crippen LogP contribution in [0.1, 0.15) is 17.2 Å². The van der Waals surface area contributed by atoms with Gasteiger partial charge in [0.2, 0.25) is 0 Å². The second-order valence-electron chi connectivity index (χ2n) is 3.88. The van der Waals surface area contributed by atoms with Crippen molar-refractivity contribution in [2.24, 2.45) is 5.84 Å². The Morgan fingerprint density at radius 3 is 2.68 bits per heavy atom. The van der Waals surface area contributed by atoms with Gasteiger partial charge in [0.1, 0.15) is 11.5 Å². The van der Waals surface area contributed by atoms with Crippen molar-refractivity contribution in [2.45, 2.75) is 6.04 Å². The van der Waals surface area contributed by atoms with Crippen molar-refractivity contribution in [3.05, 3.63) is 48.0 Å². The highest BCUT2D eigenvalue weighted by molar-refractivity contribution is 5.40. The van der Waals surface area contributed by atoms with Gasteiger partial charge >= 0.3 is 0 Å². The van der Waals surface area contributed by atoms with Crippen LogP contribution >= 0.6 is 0 Å². The lowest BCUT2D eigenvalue weighted by Crippen LogP contribution is -2.29. The van der Waals surface area contributed by atoms with E-state index >= 15 is 0 Å². The van der Waals surface area contributed by atoms with Crippen LogP contribution in [0.15, 0.2) is 36.9 Å². The maximum atomic E-state index is 5.66. The van der Waals surface area contributed by atoms with E-state index in [2.05, 4.69) is 15.4 Å². The lowest BCUT2D eigenvalue weighted by Gasteiger charge is -2.19. The van der Waals surface area contributed by atoms with Crippen molar-refractivity contribution in [2.75, 3.05) is 14.2 Å². The number of nitrogens with zero attached hydrogens (tertiary/aromatic N) is 2. The molecule has 0 aliphatic carbocycles. The number of aromatic nitrogens is 2. The van der Waals surface area contributed by atoms with Gasteiger partial charge < -0.3 is 9.47 Å². The van der Waals surface area contributed by atoms with Crippen molar-refractivity contribution in [3.8, 4) is 11.5 Å². The van der Waals surface area contributed by atoms with Crippen molar-refractivity contribution in [1.82, 2.24) is 15.4 Å². The summed E-state index contributed by atoms with van der Waals surface area (Å²) < 4.78 is 10.5. The summed E-state index contributed by atoms with van der Waals surface area (Å²) in [5, 5.41) is 0. The molecule has 0 saturated heterocycles. The third-order valence-corrected chi connectivity index (χ3v) is 2.82. The second kappa shape index (κ2) is 6.12. The smallest absolute Gasteiger partial charge is 0.142 e. The molecule has 0 aliphatic heterocycles.